The second kappa shape index (κ2) is 6.19. The lowest BCUT2D eigenvalue weighted by Gasteiger charge is -2.16. The number of nitrogens with zero attached hydrogens (tertiary/aromatic N) is 3. The molecule has 1 aromatic rings. The van der Waals surface area contributed by atoms with E-state index in [-0.39, 0.29) is 13.1 Å². The third-order valence-corrected chi connectivity index (χ3v) is 3.66. The molecule has 1 N–H and O–H groups in total. The van der Waals surface area contributed by atoms with Crippen LogP contribution in [0.4, 0.5) is 8.78 Å². The van der Waals surface area contributed by atoms with Gasteiger partial charge in [-0.3, -0.25) is 14.3 Å². The van der Waals surface area contributed by atoms with Crippen molar-refractivity contribution in [3.8, 4) is 0 Å². The van der Waals surface area contributed by atoms with E-state index in [1.807, 2.05) is 6.92 Å². The van der Waals surface area contributed by atoms with Gasteiger partial charge in [-0.2, -0.15) is 5.10 Å². The minimum absolute atomic E-state index is 0.194. The molecule has 1 fully saturated rings. The molecule has 2 rings (SSSR count). The van der Waals surface area contributed by atoms with Crippen LogP contribution in [0.2, 0.25) is 0 Å². The molecule has 1 aliphatic rings. The van der Waals surface area contributed by atoms with Crippen molar-refractivity contribution in [1.29, 1.82) is 0 Å². The van der Waals surface area contributed by atoms with E-state index in [1.165, 1.54) is 21.8 Å². The zero-order chi connectivity index (χ0) is 15.6. The molecule has 8 heteroatoms. The molecule has 1 aliphatic heterocycles. The molecule has 6 nitrogen and oxygen atoms in total. The lowest BCUT2D eigenvalue weighted by Crippen LogP contribution is -2.31. The fourth-order valence-corrected chi connectivity index (χ4v) is 2.58. The Bertz CT molecular complexity index is 532. The first-order chi connectivity index (χ1) is 9.95. The molecule has 0 spiro atoms. The van der Waals surface area contributed by atoms with Crippen LogP contribution in [0, 0.1) is 11.8 Å². The number of alkyl halides is 2. The highest BCUT2D eigenvalue weighted by atomic mass is 19.3. The zero-order valence-corrected chi connectivity index (χ0v) is 11.6. The summed E-state index contributed by atoms with van der Waals surface area (Å²) in [7, 11) is 0. The van der Waals surface area contributed by atoms with Crippen LogP contribution in [0.25, 0.3) is 0 Å². The topological polar surface area (TPSA) is 75.4 Å². The van der Waals surface area contributed by atoms with Crippen LogP contribution in [0.5, 0.6) is 0 Å². The van der Waals surface area contributed by atoms with E-state index in [0.717, 1.165) is 6.42 Å². The number of carboxylic acid groups (broad SMARTS) is 1. The Morgan fingerprint density at radius 3 is 2.71 bits per heavy atom. The summed E-state index contributed by atoms with van der Waals surface area (Å²) in [6.45, 7) is 2.03. The van der Waals surface area contributed by atoms with Crippen molar-refractivity contribution in [2.45, 2.75) is 26.3 Å². The molecule has 0 aromatic carbocycles. The molecule has 116 valence electrons. The lowest BCUT2D eigenvalue weighted by atomic mass is 9.97. The van der Waals surface area contributed by atoms with Gasteiger partial charge in [0, 0.05) is 25.8 Å². The van der Waals surface area contributed by atoms with E-state index >= 15 is 0 Å². The molecular weight excluding hydrogens is 284 g/mol. The molecular formula is C13H17F2N3O3. The number of rotatable bonds is 5. The molecule has 2 atom stereocenters. The van der Waals surface area contributed by atoms with Crippen LogP contribution in [-0.4, -0.2) is 51.2 Å². The SMILES string of the molecule is CCCn1nccc1C(=O)N1C[C@@H](C(=O)O)[C@H](C(F)F)C1. The number of aryl methyl sites for hydroxylation is 1. The largest absolute Gasteiger partial charge is 0.481 e. The van der Waals surface area contributed by atoms with Crippen LogP contribution >= 0.6 is 0 Å². The number of carbonyl (C=O) groups excluding carboxylic acids is 1. The Hall–Kier alpha value is -1.99. The number of halogens is 2. The smallest absolute Gasteiger partial charge is 0.308 e. The van der Waals surface area contributed by atoms with Gasteiger partial charge in [-0.25, -0.2) is 8.78 Å². The van der Waals surface area contributed by atoms with Crippen molar-refractivity contribution in [3.63, 3.8) is 0 Å². The van der Waals surface area contributed by atoms with E-state index in [9.17, 15) is 18.4 Å². The first-order valence-electron chi connectivity index (χ1n) is 6.77. The molecule has 0 saturated carbocycles. The van der Waals surface area contributed by atoms with Crippen molar-refractivity contribution in [2.75, 3.05) is 13.1 Å². The van der Waals surface area contributed by atoms with E-state index < -0.39 is 30.1 Å². The number of carboxylic acids is 1. The monoisotopic (exact) mass is 301 g/mol. The summed E-state index contributed by atoms with van der Waals surface area (Å²) in [5, 5.41) is 13.0. The second-order valence-electron chi connectivity index (χ2n) is 5.09. The number of amides is 1. The van der Waals surface area contributed by atoms with Crippen molar-refractivity contribution in [1.82, 2.24) is 14.7 Å². The average molecular weight is 301 g/mol. The normalized spacial score (nSPS) is 22.0. The number of hydrogen-bond acceptors (Lipinski definition) is 3. The van der Waals surface area contributed by atoms with Gasteiger partial charge in [-0.05, 0) is 12.5 Å². The fraction of sp³-hybridized carbons (Fsp3) is 0.615. The summed E-state index contributed by atoms with van der Waals surface area (Å²) in [5.74, 6) is -4.29. The zero-order valence-electron chi connectivity index (χ0n) is 11.6. The van der Waals surface area contributed by atoms with E-state index in [2.05, 4.69) is 5.10 Å². The summed E-state index contributed by atoms with van der Waals surface area (Å²) in [4.78, 5) is 24.6. The predicted octanol–water partition coefficient (Wildman–Crippen LogP) is 1.33. The molecule has 0 unspecified atom stereocenters. The summed E-state index contributed by atoms with van der Waals surface area (Å²) < 4.78 is 27.3. The number of likely N-dealkylation sites (tertiary alicyclic amines) is 1. The highest BCUT2D eigenvalue weighted by Gasteiger charge is 2.44. The highest BCUT2D eigenvalue weighted by molar-refractivity contribution is 5.93. The molecule has 0 aliphatic carbocycles. The summed E-state index contributed by atoms with van der Waals surface area (Å²) >= 11 is 0. The van der Waals surface area contributed by atoms with Gasteiger partial charge in [0.2, 0.25) is 6.43 Å². The van der Waals surface area contributed by atoms with Gasteiger partial charge in [0.25, 0.3) is 5.91 Å². The molecule has 1 amide bonds. The van der Waals surface area contributed by atoms with Gasteiger partial charge in [0.15, 0.2) is 0 Å². The summed E-state index contributed by atoms with van der Waals surface area (Å²) in [6, 6.07) is 1.52. The summed E-state index contributed by atoms with van der Waals surface area (Å²) in [5.41, 5.74) is 0.302. The number of carbonyl (C=O) groups is 2. The average Bonchev–Trinajstić information content (AvgIpc) is 3.04. The molecule has 0 bridgehead atoms. The maximum atomic E-state index is 12.9. The van der Waals surface area contributed by atoms with Crippen LogP contribution in [0.15, 0.2) is 12.3 Å². The Morgan fingerprint density at radius 1 is 1.48 bits per heavy atom. The van der Waals surface area contributed by atoms with Crippen LogP contribution in [0.1, 0.15) is 23.8 Å². The van der Waals surface area contributed by atoms with Gasteiger partial charge in [-0.15, -0.1) is 0 Å². The van der Waals surface area contributed by atoms with E-state index in [1.54, 1.807) is 0 Å². The Labute approximate surface area is 120 Å². The van der Waals surface area contributed by atoms with Crippen molar-refractivity contribution in [3.05, 3.63) is 18.0 Å². The third kappa shape index (κ3) is 3.03. The molecule has 1 saturated heterocycles. The minimum atomic E-state index is -2.76. The Morgan fingerprint density at radius 2 is 2.19 bits per heavy atom. The highest BCUT2D eigenvalue weighted by Crippen LogP contribution is 2.30. The fourth-order valence-electron chi connectivity index (χ4n) is 2.58. The van der Waals surface area contributed by atoms with Gasteiger partial charge in [-0.1, -0.05) is 6.92 Å². The lowest BCUT2D eigenvalue weighted by molar-refractivity contribution is -0.144. The summed E-state index contributed by atoms with van der Waals surface area (Å²) in [6.07, 6.45) is -0.512. The van der Waals surface area contributed by atoms with Crippen LogP contribution in [0.3, 0.4) is 0 Å². The van der Waals surface area contributed by atoms with Crippen LogP contribution < -0.4 is 0 Å². The molecule has 0 radical (unpaired) electrons. The third-order valence-electron chi connectivity index (χ3n) is 3.66. The number of aliphatic carboxylic acids is 1. The van der Waals surface area contributed by atoms with E-state index in [0.29, 0.717) is 12.2 Å². The van der Waals surface area contributed by atoms with Gasteiger partial charge in [0.05, 0.1) is 11.8 Å². The maximum absolute atomic E-state index is 12.9. The molecule has 1 aromatic heterocycles. The van der Waals surface area contributed by atoms with Crippen molar-refractivity contribution < 1.29 is 23.5 Å². The predicted molar refractivity (Wildman–Crippen MR) is 69.0 cm³/mol. The van der Waals surface area contributed by atoms with Gasteiger partial charge in [0.1, 0.15) is 5.69 Å². The van der Waals surface area contributed by atoms with Gasteiger partial charge >= 0.3 is 5.97 Å². The molecule has 2 heterocycles. The standard InChI is InChI=1S/C13H17F2N3O3/c1-2-5-18-10(3-4-16-18)12(19)17-6-8(11(14)15)9(7-17)13(20)21/h3-4,8-9,11H,2,5-7H2,1H3,(H,20,21)/t8-,9-/m1/s1. The van der Waals surface area contributed by atoms with Crippen molar-refractivity contribution >= 4 is 11.9 Å². The van der Waals surface area contributed by atoms with Gasteiger partial charge < -0.3 is 10.0 Å². The second-order valence-corrected chi connectivity index (χ2v) is 5.09. The number of hydrogen-bond donors (Lipinski definition) is 1. The minimum Gasteiger partial charge on any atom is -0.481 e. The first-order valence-corrected chi connectivity index (χ1v) is 6.77. The van der Waals surface area contributed by atoms with Crippen LogP contribution in [-0.2, 0) is 11.3 Å². The first kappa shape index (κ1) is 15.4. The Balaban J connectivity index is 2.17. The van der Waals surface area contributed by atoms with E-state index in [4.69, 9.17) is 5.11 Å². The number of aromatic nitrogens is 2. The van der Waals surface area contributed by atoms with Crippen molar-refractivity contribution in [2.24, 2.45) is 11.8 Å². The quantitative estimate of drug-likeness (QED) is 0.890. The Kier molecular flexibility index (Phi) is 4.54. The maximum Gasteiger partial charge on any atom is 0.308 e. The molecule has 21 heavy (non-hydrogen) atoms.